The zero-order valence-corrected chi connectivity index (χ0v) is 20.8. The van der Waals surface area contributed by atoms with Gasteiger partial charge in [0.2, 0.25) is 0 Å². The molecule has 2 N–H and O–H groups in total. The van der Waals surface area contributed by atoms with E-state index in [1.165, 1.54) is 29.8 Å². The number of fused-ring (bicyclic) bond motifs is 1. The number of nitrogens with zero attached hydrogens (tertiary/aromatic N) is 5. The van der Waals surface area contributed by atoms with Crippen LogP contribution in [0, 0.1) is 5.92 Å². The van der Waals surface area contributed by atoms with Gasteiger partial charge in [-0.05, 0) is 42.9 Å². The van der Waals surface area contributed by atoms with Crippen LogP contribution < -0.4 is 15.4 Å². The van der Waals surface area contributed by atoms with Crippen LogP contribution in [-0.2, 0) is 26.4 Å². The second-order valence-electron chi connectivity index (χ2n) is 9.82. The zero-order valence-electron chi connectivity index (χ0n) is 20.8. The number of anilines is 1. The number of amides is 2. The van der Waals surface area contributed by atoms with E-state index in [0.29, 0.717) is 48.8 Å². The van der Waals surface area contributed by atoms with Crippen molar-refractivity contribution in [1.29, 1.82) is 0 Å². The predicted molar refractivity (Wildman–Crippen MR) is 130 cm³/mol. The average Bonchev–Trinajstić information content (AvgIpc) is 3.49. The van der Waals surface area contributed by atoms with Gasteiger partial charge in [0.1, 0.15) is 17.1 Å². The summed E-state index contributed by atoms with van der Waals surface area (Å²) in [6.45, 7) is -0.770. The Hall–Kier alpha value is -3.90. The molecule has 1 aromatic carbocycles. The summed E-state index contributed by atoms with van der Waals surface area (Å²) in [5.41, 5.74) is 1.88. The highest BCUT2D eigenvalue weighted by Crippen LogP contribution is 2.34. The number of nitrogens with one attached hydrogen (secondary N) is 2. The third kappa shape index (κ3) is 6.32. The first kappa shape index (κ1) is 25.7. The largest absolute Gasteiger partial charge is 0.484 e. The highest BCUT2D eigenvalue weighted by molar-refractivity contribution is 6.08. The fraction of sp³-hybridized carbons (Fsp3) is 0.480. The number of benzene rings is 1. The molecule has 0 radical (unpaired) electrons. The SMILES string of the molecule is Cn1cc(C(=O)Nc2c3c(nn2CCC2CC2)C[C@H](CCc2cccc(OCC(F)(F)F)c2)NC3=O)nn1. The molecule has 0 spiro atoms. The van der Waals surface area contributed by atoms with Crippen LogP contribution in [0.1, 0.15) is 57.8 Å². The van der Waals surface area contributed by atoms with Crippen molar-refractivity contribution in [3.63, 3.8) is 0 Å². The Balaban J connectivity index is 1.28. The number of ether oxygens (including phenoxy) is 1. The van der Waals surface area contributed by atoms with Crippen LogP contribution in [-0.4, -0.2) is 55.4 Å². The van der Waals surface area contributed by atoms with Gasteiger partial charge in [-0.25, -0.2) is 4.68 Å². The lowest BCUT2D eigenvalue weighted by atomic mass is 9.96. The fourth-order valence-electron chi connectivity index (χ4n) is 4.53. The number of aromatic nitrogens is 5. The Labute approximate surface area is 216 Å². The van der Waals surface area contributed by atoms with E-state index in [1.807, 2.05) is 6.07 Å². The van der Waals surface area contributed by atoms with Crippen LogP contribution in [0.3, 0.4) is 0 Å². The highest BCUT2D eigenvalue weighted by atomic mass is 19.4. The Morgan fingerprint density at radius 3 is 2.79 bits per heavy atom. The first-order chi connectivity index (χ1) is 18.1. The predicted octanol–water partition coefficient (Wildman–Crippen LogP) is 3.29. The summed E-state index contributed by atoms with van der Waals surface area (Å²) in [6, 6.07) is 6.30. The number of carbonyl (C=O) groups is 2. The molecular weight excluding hydrogens is 503 g/mol. The number of carbonyl (C=O) groups excluding carboxylic acids is 2. The van der Waals surface area contributed by atoms with E-state index in [9.17, 15) is 22.8 Å². The molecular formula is C25H28F3N7O3. The summed E-state index contributed by atoms with van der Waals surface area (Å²) in [5.74, 6) is 0.327. The molecule has 1 saturated carbocycles. The maximum absolute atomic E-state index is 13.2. The Bertz CT molecular complexity index is 1330. The van der Waals surface area contributed by atoms with Gasteiger partial charge in [-0.3, -0.25) is 14.3 Å². The quantitative estimate of drug-likeness (QED) is 0.415. The van der Waals surface area contributed by atoms with E-state index < -0.39 is 18.7 Å². The van der Waals surface area contributed by atoms with Crippen molar-refractivity contribution in [2.24, 2.45) is 13.0 Å². The van der Waals surface area contributed by atoms with Crippen molar-refractivity contribution in [2.75, 3.05) is 11.9 Å². The van der Waals surface area contributed by atoms with Gasteiger partial charge in [-0.15, -0.1) is 5.10 Å². The highest BCUT2D eigenvalue weighted by Gasteiger charge is 2.33. The van der Waals surface area contributed by atoms with Crippen molar-refractivity contribution in [3.05, 3.63) is 53.0 Å². The summed E-state index contributed by atoms with van der Waals surface area (Å²) in [7, 11) is 1.66. The van der Waals surface area contributed by atoms with Crippen molar-refractivity contribution in [1.82, 2.24) is 30.1 Å². The van der Waals surface area contributed by atoms with Crippen LogP contribution >= 0.6 is 0 Å². The molecule has 2 aromatic heterocycles. The molecule has 1 atom stereocenters. The lowest BCUT2D eigenvalue weighted by Gasteiger charge is -2.23. The monoisotopic (exact) mass is 531 g/mol. The molecule has 0 saturated heterocycles. The Kier molecular flexibility index (Phi) is 7.09. The average molecular weight is 532 g/mol. The Morgan fingerprint density at radius 2 is 2.08 bits per heavy atom. The van der Waals surface area contributed by atoms with Crippen LogP contribution in [0.5, 0.6) is 5.75 Å². The molecule has 5 rings (SSSR count). The molecule has 1 aliphatic carbocycles. The summed E-state index contributed by atoms with van der Waals surface area (Å²) >= 11 is 0. The zero-order chi connectivity index (χ0) is 26.9. The lowest BCUT2D eigenvalue weighted by molar-refractivity contribution is -0.153. The smallest absolute Gasteiger partial charge is 0.422 e. The molecule has 38 heavy (non-hydrogen) atoms. The van der Waals surface area contributed by atoms with E-state index in [1.54, 1.807) is 23.9 Å². The van der Waals surface area contributed by atoms with Crippen molar-refractivity contribution in [3.8, 4) is 5.75 Å². The number of halogens is 3. The van der Waals surface area contributed by atoms with E-state index in [4.69, 9.17) is 9.84 Å². The number of alkyl halides is 3. The van der Waals surface area contributed by atoms with Gasteiger partial charge < -0.3 is 15.4 Å². The van der Waals surface area contributed by atoms with Gasteiger partial charge in [-0.2, -0.15) is 18.3 Å². The second-order valence-corrected chi connectivity index (χ2v) is 9.82. The van der Waals surface area contributed by atoms with E-state index >= 15 is 0 Å². The van der Waals surface area contributed by atoms with Crippen LogP contribution in [0.2, 0.25) is 0 Å². The minimum absolute atomic E-state index is 0.131. The molecule has 3 heterocycles. The third-order valence-corrected chi connectivity index (χ3v) is 6.62. The Morgan fingerprint density at radius 1 is 1.26 bits per heavy atom. The molecule has 2 amide bonds. The van der Waals surface area contributed by atoms with Gasteiger partial charge in [0.25, 0.3) is 11.8 Å². The van der Waals surface area contributed by atoms with Crippen LogP contribution in [0.15, 0.2) is 30.5 Å². The van der Waals surface area contributed by atoms with Gasteiger partial charge in [0, 0.05) is 26.1 Å². The van der Waals surface area contributed by atoms with Gasteiger partial charge in [0.05, 0.1) is 11.9 Å². The molecule has 1 aliphatic heterocycles. The van der Waals surface area contributed by atoms with Crippen LogP contribution in [0.4, 0.5) is 19.0 Å². The summed E-state index contributed by atoms with van der Waals surface area (Å²) in [4.78, 5) is 26.0. The van der Waals surface area contributed by atoms with Gasteiger partial charge in [0.15, 0.2) is 12.3 Å². The summed E-state index contributed by atoms with van der Waals surface area (Å²) in [6.07, 6.45) is 1.90. The maximum atomic E-state index is 13.2. The number of aryl methyl sites for hydroxylation is 3. The maximum Gasteiger partial charge on any atom is 0.422 e. The topological polar surface area (TPSA) is 116 Å². The summed E-state index contributed by atoms with van der Waals surface area (Å²) < 4.78 is 45.4. The molecule has 2 aliphatic rings. The number of hydrogen-bond donors (Lipinski definition) is 2. The third-order valence-electron chi connectivity index (χ3n) is 6.62. The standard InChI is InChI=1S/C25H28F3N7O3/c1-34-13-20(31-33-34)23(36)30-22-21-19(32-35(22)10-9-15-5-6-15)12-17(29-24(21)37)8-7-16-3-2-4-18(11-16)38-14-25(26,27)28/h2-4,11,13,15,17H,5-10,12,14H2,1H3,(H,29,37)(H,30,36)/t17-/m0/s1. The molecule has 202 valence electrons. The van der Waals surface area contributed by atoms with E-state index in [0.717, 1.165) is 12.0 Å². The molecule has 0 unspecified atom stereocenters. The molecule has 10 nitrogen and oxygen atoms in total. The molecule has 1 fully saturated rings. The molecule has 0 bridgehead atoms. The van der Waals surface area contributed by atoms with Gasteiger partial charge in [-0.1, -0.05) is 30.2 Å². The first-order valence-corrected chi connectivity index (χ1v) is 12.5. The number of hydrogen-bond acceptors (Lipinski definition) is 6. The van der Waals surface area contributed by atoms with Crippen molar-refractivity contribution >= 4 is 17.6 Å². The van der Waals surface area contributed by atoms with Gasteiger partial charge >= 0.3 is 6.18 Å². The number of rotatable bonds is 10. The normalized spacial score (nSPS) is 17.2. The molecule has 13 heteroatoms. The fourth-order valence-corrected chi connectivity index (χ4v) is 4.53. The van der Waals surface area contributed by atoms with Crippen LogP contribution in [0.25, 0.3) is 0 Å². The van der Waals surface area contributed by atoms with E-state index in [-0.39, 0.29) is 23.4 Å². The molecule has 3 aromatic rings. The van der Waals surface area contributed by atoms with Crippen molar-refractivity contribution < 1.29 is 27.5 Å². The lowest BCUT2D eigenvalue weighted by Crippen LogP contribution is -2.41. The summed E-state index contributed by atoms with van der Waals surface area (Å²) in [5, 5.41) is 18.1. The minimum Gasteiger partial charge on any atom is -0.484 e. The second kappa shape index (κ2) is 10.5. The minimum atomic E-state index is -4.41. The van der Waals surface area contributed by atoms with Crippen molar-refractivity contribution in [2.45, 2.75) is 57.3 Å². The van der Waals surface area contributed by atoms with E-state index in [2.05, 4.69) is 20.9 Å². The first-order valence-electron chi connectivity index (χ1n) is 12.5.